The molecular formula is C24H30N2O3. The number of hydrogen-bond acceptors (Lipinski definition) is 3. The molecule has 1 saturated heterocycles. The Labute approximate surface area is 173 Å². The summed E-state index contributed by atoms with van der Waals surface area (Å²) in [6, 6.07) is 14.9. The van der Waals surface area contributed by atoms with E-state index in [2.05, 4.69) is 19.2 Å². The quantitative estimate of drug-likeness (QED) is 0.762. The molecule has 2 aromatic carbocycles. The molecule has 0 unspecified atom stereocenters. The number of carbonyl (C=O) groups excluding carboxylic acids is 2. The average molecular weight is 395 g/mol. The molecule has 3 rings (SSSR count). The predicted octanol–water partition coefficient (Wildman–Crippen LogP) is 4.84. The predicted molar refractivity (Wildman–Crippen MR) is 115 cm³/mol. The summed E-state index contributed by atoms with van der Waals surface area (Å²) in [4.78, 5) is 26.7. The monoisotopic (exact) mass is 394 g/mol. The molecule has 1 aliphatic heterocycles. The minimum atomic E-state index is -0.232. The van der Waals surface area contributed by atoms with Gasteiger partial charge in [0.25, 0.3) is 11.8 Å². The second-order valence-corrected chi connectivity index (χ2v) is 7.84. The van der Waals surface area contributed by atoms with Crippen molar-refractivity contribution in [3.05, 3.63) is 59.7 Å². The van der Waals surface area contributed by atoms with Crippen LogP contribution in [0.5, 0.6) is 5.75 Å². The smallest absolute Gasteiger partial charge is 0.262 e. The van der Waals surface area contributed by atoms with Crippen LogP contribution in [0.25, 0.3) is 0 Å². The molecule has 0 atom stereocenters. The lowest BCUT2D eigenvalue weighted by Crippen LogP contribution is -2.31. The van der Waals surface area contributed by atoms with Crippen LogP contribution in [0.1, 0.15) is 61.4 Å². The number of hydrogen-bond donors (Lipinski definition) is 1. The van der Waals surface area contributed by atoms with Gasteiger partial charge >= 0.3 is 0 Å². The van der Waals surface area contributed by atoms with Crippen LogP contribution in [0.15, 0.2) is 48.5 Å². The summed E-state index contributed by atoms with van der Waals surface area (Å²) in [5.74, 6) is 0.965. The molecule has 1 aliphatic rings. The molecule has 2 amide bonds. The maximum atomic E-state index is 12.6. The molecule has 29 heavy (non-hydrogen) atoms. The van der Waals surface area contributed by atoms with Crippen LogP contribution in [0, 0.1) is 0 Å². The standard InChI is InChI=1S/C24H30N2O3/c1-18(2)19-9-13-22(14-10-19)29-17-23(27)25-21-11-7-20(8-12-21)24(28)26-15-5-3-4-6-16-26/h7-14,18H,3-6,15-17H2,1-2H3,(H,25,27). The Bertz CT molecular complexity index is 805. The van der Waals surface area contributed by atoms with Gasteiger partial charge in [-0.3, -0.25) is 9.59 Å². The zero-order valence-corrected chi connectivity index (χ0v) is 17.3. The fourth-order valence-electron chi connectivity index (χ4n) is 3.45. The van der Waals surface area contributed by atoms with Crippen LogP contribution in [0.4, 0.5) is 5.69 Å². The van der Waals surface area contributed by atoms with Gasteiger partial charge in [-0.15, -0.1) is 0 Å². The first-order valence-corrected chi connectivity index (χ1v) is 10.4. The maximum absolute atomic E-state index is 12.6. The molecule has 0 bridgehead atoms. The highest BCUT2D eigenvalue weighted by atomic mass is 16.5. The lowest BCUT2D eigenvalue weighted by atomic mass is 10.0. The molecule has 0 saturated carbocycles. The summed E-state index contributed by atoms with van der Waals surface area (Å²) >= 11 is 0. The van der Waals surface area contributed by atoms with Crippen LogP contribution in [0.2, 0.25) is 0 Å². The van der Waals surface area contributed by atoms with Gasteiger partial charge in [0.05, 0.1) is 0 Å². The second kappa shape index (κ2) is 10.1. The highest BCUT2D eigenvalue weighted by Gasteiger charge is 2.17. The zero-order valence-electron chi connectivity index (χ0n) is 17.3. The SMILES string of the molecule is CC(C)c1ccc(OCC(=O)Nc2ccc(C(=O)N3CCCCCC3)cc2)cc1. The van der Waals surface area contributed by atoms with Crippen LogP contribution >= 0.6 is 0 Å². The lowest BCUT2D eigenvalue weighted by molar-refractivity contribution is -0.118. The molecule has 5 nitrogen and oxygen atoms in total. The summed E-state index contributed by atoms with van der Waals surface area (Å²) in [5.41, 5.74) is 2.55. The van der Waals surface area contributed by atoms with Crippen molar-refractivity contribution in [3.63, 3.8) is 0 Å². The Hall–Kier alpha value is -2.82. The Morgan fingerprint density at radius 3 is 2.14 bits per heavy atom. The Morgan fingerprint density at radius 2 is 1.55 bits per heavy atom. The van der Waals surface area contributed by atoms with Gasteiger partial charge in [0.1, 0.15) is 5.75 Å². The molecule has 1 fully saturated rings. The second-order valence-electron chi connectivity index (χ2n) is 7.84. The summed E-state index contributed by atoms with van der Waals surface area (Å²) in [6.07, 6.45) is 4.53. The van der Waals surface area contributed by atoms with Crippen molar-refractivity contribution in [3.8, 4) is 5.75 Å². The van der Waals surface area contributed by atoms with Crippen molar-refractivity contribution in [2.45, 2.75) is 45.4 Å². The van der Waals surface area contributed by atoms with Crippen molar-refractivity contribution in [2.24, 2.45) is 0 Å². The van der Waals surface area contributed by atoms with E-state index in [4.69, 9.17) is 4.74 Å². The van der Waals surface area contributed by atoms with E-state index in [0.717, 1.165) is 25.9 Å². The van der Waals surface area contributed by atoms with E-state index in [1.165, 1.54) is 18.4 Å². The van der Waals surface area contributed by atoms with Crippen LogP contribution in [-0.4, -0.2) is 36.4 Å². The van der Waals surface area contributed by atoms with Crippen molar-refractivity contribution < 1.29 is 14.3 Å². The van der Waals surface area contributed by atoms with E-state index in [-0.39, 0.29) is 18.4 Å². The number of carbonyl (C=O) groups is 2. The number of nitrogens with one attached hydrogen (secondary N) is 1. The molecule has 5 heteroatoms. The summed E-state index contributed by atoms with van der Waals surface area (Å²) in [6.45, 7) is 5.86. The van der Waals surface area contributed by atoms with Crippen molar-refractivity contribution in [2.75, 3.05) is 25.0 Å². The van der Waals surface area contributed by atoms with E-state index < -0.39 is 0 Å². The van der Waals surface area contributed by atoms with Gasteiger partial charge in [-0.25, -0.2) is 0 Å². The summed E-state index contributed by atoms with van der Waals surface area (Å²) in [7, 11) is 0. The number of likely N-dealkylation sites (tertiary alicyclic amines) is 1. The minimum absolute atomic E-state index is 0.0600. The van der Waals surface area contributed by atoms with Crippen molar-refractivity contribution in [1.29, 1.82) is 0 Å². The van der Waals surface area contributed by atoms with Gasteiger partial charge in [0.15, 0.2) is 6.61 Å². The van der Waals surface area contributed by atoms with Crippen molar-refractivity contribution >= 4 is 17.5 Å². The number of rotatable bonds is 6. The Balaban J connectivity index is 1.49. The molecule has 0 aromatic heterocycles. The van der Waals surface area contributed by atoms with E-state index in [1.807, 2.05) is 29.2 Å². The Kier molecular flexibility index (Phi) is 7.28. The van der Waals surface area contributed by atoms with E-state index in [9.17, 15) is 9.59 Å². The van der Waals surface area contributed by atoms with Gasteiger partial charge in [0.2, 0.25) is 0 Å². The van der Waals surface area contributed by atoms with E-state index in [0.29, 0.717) is 22.9 Å². The average Bonchev–Trinajstić information content (AvgIpc) is 3.02. The summed E-state index contributed by atoms with van der Waals surface area (Å²) in [5, 5.41) is 2.81. The topological polar surface area (TPSA) is 58.6 Å². The van der Waals surface area contributed by atoms with Gasteiger partial charge in [-0.05, 0) is 60.7 Å². The highest BCUT2D eigenvalue weighted by molar-refractivity contribution is 5.96. The first-order chi connectivity index (χ1) is 14.0. The number of amides is 2. The van der Waals surface area contributed by atoms with E-state index in [1.54, 1.807) is 24.3 Å². The molecule has 0 radical (unpaired) electrons. The third kappa shape index (κ3) is 6.08. The highest BCUT2D eigenvalue weighted by Crippen LogP contribution is 2.19. The lowest BCUT2D eigenvalue weighted by Gasteiger charge is -2.20. The van der Waals surface area contributed by atoms with Gasteiger partial charge in [-0.1, -0.05) is 38.8 Å². The van der Waals surface area contributed by atoms with Crippen LogP contribution in [0.3, 0.4) is 0 Å². The number of benzene rings is 2. The fraction of sp³-hybridized carbons (Fsp3) is 0.417. The molecular weight excluding hydrogens is 364 g/mol. The van der Waals surface area contributed by atoms with E-state index >= 15 is 0 Å². The first-order valence-electron chi connectivity index (χ1n) is 10.4. The minimum Gasteiger partial charge on any atom is -0.484 e. The van der Waals surface area contributed by atoms with Crippen molar-refractivity contribution in [1.82, 2.24) is 4.90 Å². The van der Waals surface area contributed by atoms with Gasteiger partial charge < -0.3 is 15.0 Å². The largest absolute Gasteiger partial charge is 0.484 e. The molecule has 1 heterocycles. The normalized spacial score (nSPS) is 14.4. The Morgan fingerprint density at radius 1 is 0.931 bits per heavy atom. The maximum Gasteiger partial charge on any atom is 0.262 e. The van der Waals surface area contributed by atoms with Crippen LogP contribution in [-0.2, 0) is 4.79 Å². The molecule has 1 N–H and O–H groups in total. The first kappa shape index (κ1) is 20.9. The number of anilines is 1. The molecule has 154 valence electrons. The molecule has 0 aliphatic carbocycles. The zero-order chi connectivity index (χ0) is 20.6. The van der Waals surface area contributed by atoms with Gasteiger partial charge in [-0.2, -0.15) is 0 Å². The van der Waals surface area contributed by atoms with Gasteiger partial charge in [0, 0.05) is 24.3 Å². The fourth-order valence-corrected chi connectivity index (χ4v) is 3.45. The van der Waals surface area contributed by atoms with Crippen LogP contribution < -0.4 is 10.1 Å². The number of ether oxygens (including phenoxy) is 1. The molecule has 0 spiro atoms. The molecule has 2 aromatic rings. The number of nitrogens with zero attached hydrogens (tertiary/aromatic N) is 1. The third-order valence-corrected chi connectivity index (χ3v) is 5.23. The third-order valence-electron chi connectivity index (χ3n) is 5.23. The summed E-state index contributed by atoms with van der Waals surface area (Å²) < 4.78 is 5.56.